The van der Waals surface area contributed by atoms with Gasteiger partial charge in [0.25, 0.3) is 0 Å². The summed E-state index contributed by atoms with van der Waals surface area (Å²) in [6.07, 6.45) is 0.785. The summed E-state index contributed by atoms with van der Waals surface area (Å²) in [7, 11) is 0. The summed E-state index contributed by atoms with van der Waals surface area (Å²) in [5.41, 5.74) is 7.33. The molecule has 0 aliphatic carbocycles. The monoisotopic (exact) mass is 371 g/mol. The third-order valence-electron chi connectivity index (χ3n) is 4.66. The third-order valence-corrected chi connectivity index (χ3v) is 4.66. The van der Waals surface area contributed by atoms with Gasteiger partial charge in [-0.2, -0.15) is 0 Å². The van der Waals surface area contributed by atoms with Crippen LogP contribution in [0.2, 0.25) is 0 Å². The maximum atomic E-state index is 6.50. The zero-order valence-electron chi connectivity index (χ0n) is 18.3. The van der Waals surface area contributed by atoms with Crippen LogP contribution in [0.5, 0.6) is 5.75 Å². The van der Waals surface area contributed by atoms with Crippen LogP contribution in [0.4, 0.5) is 0 Å². The predicted molar refractivity (Wildman–Crippen MR) is 115 cm³/mol. The quantitative estimate of drug-likeness (QED) is 0.585. The normalized spacial score (nSPS) is 15.2. The van der Waals surface area contributed by atoms with E-state index in [9.17, 15) is 0 Å². The number of fused-ring (bicyclic) bond motifs is 1. The van der Waals surface area contributed by atoms with Gasteiger partial charge in [0, 0.05) is 11.5 Å². The van der Waals surface area contributed by atoms with E-state index < -0.39 is 0 Å². The first-order valence-corrected chi connectivity index (χ1v) is 10.0. The number of hydrogen-bond donors (Lipinski definition) is 1. The highest BCUT2D eigenvalue weighted by Gasteiger charge is 2.27. The molecule has 2 aromatic carbocycles. The summed E-state index contributed by atoms with van der Waals surface area (Å²) in [5.74, 6) is 1.76. The minimum atomic E-state index is -0.296. The molecule has 0 bridgehead atoms. The van der Waals surface area contributed by atoms with Gasteiger partial charge in [0.05, 0.1) is 5.60 Å². The fourth-order valence-electron chi connectivity index (χ4n) is 3.59. The van der Waals surface area contributed by atoms with Crippen molar-refractivity contribution in [1.82, 2.24) is 0 Å². The van der Waals surface area contributed by atoms with E-state index in [-0.39, 0.29) is 17.4 Å². The Morgan fingerprint density at radius 1 is 0.889 bits per heavy atom. The second-order valence-electron chi connectivity index (χ2n) is 9.69. The Kier molecular flexibility index (Phi) is 6.59. The molecule has 0 amide bonds. The van der Waals surface area contributed by atoms with E-state index in [1.807, 2.05) is 33.8 Å². The maximum absolute atomic E-state index is 6.50. The maximum Gasteiger partial charge on any atom is 0.197 e. The molecule has 2 atom stereocenters. The van der Waals surface area contributed by atoms with Crippen LogP contribution < -0.4 is 10.5 Å². The van der Waals surface area contributed by atoms with Gasteiger partial charge >= 0.3 is 0 Å². The molecule has 2 aromatic rings. The molecule has 0 aliphatic rings. The Balaban J connectivity index is 2.26. The van der Waals surface area contributed by atoms with Crippen molar-refractivity contribution in [1.29, 1.82) is 0 Å². The van der Waals surface area contributed by atoms with Crippen LogP contribution in [-0.4, -0.2) is 17.4 Å². The van der Waals surface area contributed by atoms with E-state index in [0.29, 0.717) is 11.8 Å². The summed E-state index contributed by atoms with van der Waals surface area (Å²) in [6, 6.07) is 12.9. The SMILES string of the molecule is CC(C)CC(c1ccc2cc(OC(C)OC(C)(C)C)ccc2c1)C(C)(C)N. The first-order valence-electron chi connectivity index (χ1n) is 10.0. The minimum Gasteiger partial charge on any atom is -0.465 e. The van der Waals surface area contributed by atoms with Crippen LogP contribution in [0, 0.1) is 5.92 Å². The lowest BCUT2D eigenvalue weighted by atomic mass is 9.77. The van der Waals surface area contributed by atoms with Crippen LogP contribution >= 0.6 is 0 Å². The van der Waals surface area contributed by atoms with Gasteiger partial charge in [-0.15, -0.1) is 0 Å². The Morgan fingerprint density at radius 2 is 1.48 bits per heavy atom. The Bertz CT molecular complexity index is 753. The Labute approximate surface area is 165 Å². The fourth-order valence-corrected chi connectivity index (χ4v) is 3.59. The van der Waals surface area contributed by atoms with Gasteiger partial charge in [-0.05, 0) is 82.3 Å². The lowest BCUT2D eigenvalue weighted by Crippen LogP contribution is -2.39. The molecule has 0 radical (unpaired) electrons. The molecule has 0 fully saturated rings. The minimum absolute atomic E-state index is 0.231. The van der Waals surface area contributed by atoms with E-state index in [1.54, 1.807) is 0 Å². The molecule has 0 aliphatic heterocycles. The van der Waals surface area contributed by atoms with Gasteiger partial charge in [-0.25, -0.2) is 0 Å². The van der Waals surface area contributed by atoms with Gasteiger partial charge in [-0.3, -0.25) is 0 Å². The summed E-state index contributed by atoms with van der Waals surface area (Å²) in [6.45, 7) is 16.8. The number of ether oxygens (including phenoxy) is 2. The van der Waals surface area contributed by atoms with Crippen LogP contribution in [0.3, 0.4) is 0 Å². The van der Waals surface area contributed by atoms with Gasteiger partial charge in [0.15, 0.2) is 6.29 Å². The first kappa shape index (κ1) is 21.7. The van der Waals surface area contributed by atoms with Gasteiger partial charge < -0.3 is 15.2 Å². The predicted octanol–water partition coefficient (Wildman–Crippen LogP) is 6.25. The van der Waals surface area contributed by atoms with Crippen LogP contribution in [0.1, 0.15) is 73.3 Å². The first-order chi connectivity index (χ1) is 12.3. The van der Waals surface area contributed by atoms with E-state index in [2.05, 4.69) is 58.0 Å². The molecule has 0 heterocycles. The van der Waals surface area contributed by atoms with Gasteiger partial charge in [0.2, 0.25) is 0 Å². The number of hydrogen-bond acceptors (Lipinski definition) is 3. The zero-order chi connectivity index (χ0) is 20.4. The van der Waals surface area contributed by atoms with E-state index in [4.69, 9.17) is 15.2 Å². The number of benzene rings is 2. The molecule has 3 nitrogen and oxygen atoms in total. The molecule has 0 spiro atoms. The molecule has 2 rings (SSSR count). The van der Waals surface area contributed by atoms with Crippen LogP contribution in [0.25, 0.3) is 10.8 Å². The molecule has 27 heavy (non-hydrogen) atoms. The standard InChI is InChI=1S/C24H37NO2/c1-16(2)13-22(24(7,8)25)20-10-9-19-15-21(12-11-18(19)14-20)26-17(3)27-23(4,5)6/h9-12,14-17,22H,13,25H2,1-8H3. The summed E-state index contributed by atoms with van der Waals surface area (Å²) >= 11 is 0. The molecule has 2 unspecified atom stereocenters. The van der Waals surface area contributed by atoms with Crippen molar-refractivity contribution >= 4 is 10.8 Å². The zero-order valence-corrected chi connectivity index (χ0v) is 18.3. The van der Waals surface area contributed by atoms with Crippen molar-refractivity contribution in [2.75, 3.05) is 0 Å². The van der Waals surface area contributed by atoms with Crippen molar-refractivity contribution in [3.05, 3.63) is 42.0 Å². The Morgan fingerprint density at radius 3 is 2.04 bits per heavy atom. The Hall–Kier alpha value is -1.58. The molecule has 150 valence electrons. The molecule has 2 N–H and O–H groups in total. The second-order valence-corrected chi connectivity index (χ2v) is 9.69. The highest BCUT2D eigenvalue weighted by molar-refractivity contribution is 5.84. The average Bonchev–Trinajstić information content (AvgIpc) is 2.49. The van der Waals surface area contributed by atoms with E-state index >= 15 is 0 Å². The van der Waals surface area contributed by atoms with Crippen molar-refractivity contribution in [2.45, 2.75) is 85.2 Å². The van der Waals surface area contributed by atoms with Crippen molar-refractivity contribution < 1.29 is 9.47 Å². The largest absolute Gasteiger partial charge is 0.465 e. The van der Waals surface area contributed by atoms with Gasteiger partial charge in [0.1, 0.15) is 5.75 Å². The van der Waals surface area contributed by atoms with Gasteiger partial charge in [-0.1, -0.05) is 38.1 Å². The molecule has 0 aromatic heterocycles. The molecular weight excluding hydrogens is 334 g/mol. The molecule has 0 saturated heterocycles. The highest BCUT2D eigenvalue weighted by Crippen LogP contribution is 2.34. The highest BCUT2D eigenvalue weighted by atomic mass is 16.7. The fraction of sp³-hybridized carbons (Fsp3) is 0.583. The molecular formula is C24H37NO2. The second kappa shape index (κ2) is 8.20. The number of rotatable bonds is 7. The molecule has 3 heteroatoms. The smallest absolute Gasteiger partial charge is 0.197 e. The topological polar surface area (TPSA) is 44.5 Å². The van der Waals surface area contributed by atoms with Crippen molar-refractivity contribution in [2.24, 2.45) is 11.7 Å². The summed E-state index contributed by atoms with van der Waals surface area (Å²) in [5, 5.41) is 2.37. The van der Waals surface area contributed by atoms with Crippen LogP contribution in [0.15, 0.2) is 36.4 Å². The molecule has 0 saturated carbocycles. The summed E-state index contributed by atoms with van der Waals surface area (Å²) < 4.78 is 11.8. The van der Waals surface area contributed by atoms with E-state index in [0.717, 1.165) is 17.6 Å². The van der Waals surface area contributed by atoms with Crippen molar-refractivity contribution in [3.8, 4) is 5.75 Å². The van der Waals surface area contributed by atoms with Crippen LogP contribution in [-0.2, 0) is 4.74 Å². The van der Waals surface area contributed by atoms with E-state index in [1.165, 1.54) is 10.9 Å². The lowest BCUT2D eigenvalue weighted by molar-refractivity contribution is -0.140. The lowest BCUT2D eigenvalue weighted by Gasteiger charge is -2.32. The third kappa shape index (κ3) is 6.51. The van der Waals surface area contributed by atoms with Crippen molar-refractivity contribution in [3.63, 3.8) is 0 Å². The summed E-state index contributed by atoms with van der Waals surface area (Å²) in [4.78, 5) is 0. The average molecular weight is 372 g/mol. The number of nitrogens with two attached hydrogens (primary N) is 1.